The van der Waals surface area contributed by atoms with Crippen LogP contribution in [0.25, 0.3) is 5.69 Å². The maximum Gasteiger partial charge on any atom is 0.458 e. The molecule has 3 rings (SSSR count). The first kappa shape index (κ1) is 17.6. The summed E-state index contributed by atoms with van der Waals surface area (Å²) in [6.07, 6.45) is -5.84. The van der Waals surface area contributed by atoms with Gasteiger partial charge in [-0.25, -0.2) is 0 Å². The molecule has 1 aromatic carbocycles. The first-order chi connectivity index (χ1) is 11.9. The van der Waals surface area contributed by atoms with E-state index in [1.54, 1.807) is 0 Å². The topological polar surface area (TPSA) is 94.2 Å². The quantitative estimate of drug-likeness (QED) is 0.622. The number of nitrogens with one attached hydrogen (secondary N) is 1. The molecule has 0 saturated carbocycles. The number of benzene rings is 1. The molecule has 1 aliphatic rings. The average Bonchev–Trinajstić information content (AvgIpc) is 2.81. The lowest BCUT2D eigenvalue weighted by atomic mass is 10.1. The van der Waals surface area contributed by atoms with Crippen molar-refractivity contribution in [1.29, 1.82) is 0 Å². The van der Waals surface area contributed by atoms with Gasteiger partial charge in [0, 0.05) is 11.6 Å². The Morgan fingerprint density at radius 2 is 1.62 bits per heavy atom. The van der Waals surface area contributed by atoms with E-state index in [4.69, 9.17) is 5.73 Å². The second-order valence-electron chi connectivity index (χ2n) is 5.40. The summed E-state index contributed by atoms with van der Waals surface area (Å²) in [6, 6.07) is 3.68. The predicted molar refractivity (Wildman–Crippen MR) is 78.2 cm³/mol. The van der Waals surface area contributed by atoms with E-state index in [9.17, 15) is 36.3 Å². The van der Waals surface area contributed by atoms with Gasteiger partial charge >= 0.3 is 12.1 Å². The Morgan fingerprint density at radius 3 is 2.23 bits per heavy atom. The van der Waals surface area contributed by atoms with Crippen LogP contribution in [0, 0.1) is 0 Å². The van der Waals surface area contributed by atoms with Crippen LogP contribution in [0.2, 0.25) is 0 Å². The molecule has 2 heterocycles. The molecule has 0 bridgehead atoms. The lowest BCUT2D eigenvalue weighted by Crippen LogP contribution is -2.34. The number of hydrogen-bond acceptors (Lipinski definition) is 4. The van der Waals surface area contributed by atoms with Crippen LogP contribution < -0.4 is 16.6 Å². The summed E-state index contributed by atoms with van der Waals surface area (Å²) in [6.45, 7) is 0. The van der Waals surface area contributed by atoms with Gasteiger partial charge in [-0.3, -0.25) is 24.3 Å². The standard InChI is InChI=1S/C15H8F5N3O3/c16-14(17,15(18,19)20)6-2-1-3-7(4-6)23-9(24)5-8-10(11(23)21)13(26)22-12(8)25/h1-5H,21H2,(H,22,25,26). The number of carbonyl (C=O) groups excluding carboxylic acids is 2. The van der Waals surface area contributed by atoms with Gasteiger partial charge in [0.25, 0.3) is 17.4 Å². The van der Waals surface area contributed by atoms with Crippen LogP contribution in [0.4, 0.5) is 27.8 Å². The first-order valence-electron chi connectivity index (χ1n) is 6.92. The van der Waals surface area contributed by atoms with Crippen LogP contribution in [-0.2, 0) is 5.92 Å². The van der Waals surface area contributed by atoms with Crippen LogP contribution >= 0.6 is 0 Å². The Hall–Kier alpha value is -3.24. The fourth-order valence-corrected chi connectivity index (χ4v) is 2.55. The number of amides is 2. The van der Waals surface area contributed by atoms with E-state index in [0.29, 0.717) is 16.7 Å². The number of nitrogens with two attached hydrogens (primary N) is 1. The molecule has 1 aromatic heterocycles. The second kappa shape index (κ2) is 5.38. The SMILES string of the molecule is Nc1c2c(cc(=O)n1-c1cccc(C(F)(F)C(F)(F)F)c1)C(=O)NC2=O. The summed E-state index contributed by atoms with van der Waals surface area (Å²) in [7, 11) is 0. The van der Waals surface area contributed by atoms with Crippen LogP contribution in [-0.4, -0.2) is 22.6 Å². The first-order valence-corrected chi connectivity index (χ1v) is 6.92. The van der Waals surface area contributed by atoms with Crippen molar-refractivity contribution in [2.75, 3.05) is 5.73 Å². The van der Waals surface area contributed by atoms with E-state index >= 15 is 0 Å². The molecular weight excluding hydrogens is 365 g/mol. The summed E-state index contributed by atoms with van der Waals surface area (Å²) in [5.41, 5.74) is 2.25. The monoisotopic (exact) mass is 373 g/mol. The molecule has 2 amide bonds. The molecule has 0 aliphatic carbocycles. The molecule has 2 aromatic rings. The van der Waals surface area contributed by atoms with E-state index in [-0.39, 0.29) is 11.1 Å². The molecule has 136 valence electrons. The zero-order valence-corrected chi connectivity index (χ0v) is 12.5. The molecule has 0 radical (unpaired) electrons. The highest BCUT2D eigenvalue weighted by molar-refractivity contribution is 6.23. The van der Waals surface area contributed by atoms with E-state index in [1.807, 2.05) is 5.32 Å². The van der Waals surface area contributed by atoms with Crippen LogP contribution in [0.5, 0.6) is 0 Å². The van der Waals surface area contributed by atoms with Crippen molar-refractivity contribution >= 4 is 17.6 Å². The van der Waals surface area contributed by atoms with Crippen molar-refractivity contribution in [3.05, 3.63) is 57.4 Å². The molecule has 0 spiro atoms. The number of fused-ring (bicyclic) bond motifs is 1. The molecule has 1 aliphatic heterocycles. The third-order valence-electron chi connectivity index (χ3n) is 3.78. The van der Waals surface area contributed by atoms with Crippen molar-refractivity contribution in [1.82, 2.24) is 9.88 Å². The normalized spacial score (nSPS) is 14.3. The molecule has 26 heavy (non-hydrogen) atoms. The number of alkyl halides is 5. The van der Waals surface area contributed by atoms with Crippen molar-refractivity contribution in [2.24, 2.45) is 0 Å². The molecule has 0 fully saturated rings. The molecule has 11 heteroatoms. The van der Waals surface area contributed by atoms with E-state index in [0.717, 1.165) is 18.2 Å². The van der Waals surface area contributed by atoms with E-state index < -0.39 is 46.5 Å². The minimum atomic E-state index is -5.84. The Bertz CT molecular complexity index is 1010. The van der Waals surface area contributed by atoms with Gasteiger partial charge in [-0.2, -0.15) is 22.0 Å². The van der Waals surface area contributed by atoms with Crippen molar-refractivity contribution in [3.8, 4) is 5.69 Å². The molecule has 0 atom stereocenters. The molecule has 0 saturated heterocycles. The molecule has 6 nitrogen and oxygen atoms in total. The van der Waals surface area contributed by atoms with Gasteiger partial charge in [-0.15, -0.1) is 0 Å². The van der Waals surface area contributed by atoms with Gasteiger partial charge in [0.1, 0.15) is 5.82 Å². The number of nitrogens with zero attached hydrogens (tertiary/aromatic N) is 1. The maximum atomic E-state index is 13.5. The fourth-order valence-electron chi connectivity index (χ4n) is 2.55. The minimum Gasteiger partial charge on any atom is -0.384 e. The number of nitrogen functional groups attached to an aromatic ring is 1. The highest BCUT2D eigenvalue weighted by atomic mass is 19.4. The third kappa shape index (κ3) is 2.43. The zero-order chi connectivity index (χ0) is 19.4. The summed E-state index contributed by atoms with van der Waals surface area (Å²) in [4.78, 5) is 35.5. The van der Waals surface area contributed by atoms with Gasteiger partial charge in [0.05, 0.1) is 16.8 Å². The number of pyridine rings is 1. The number of hydrogen-bond donors (Lipinski definition) is 2. The number of carbonyl (C=O) groups is 2. The van der Waals surface area contributed by atoms with Crippen molar-refractivity contribution in [2.45, 2.75) is 12.1 Å². The molecular formula is C15H8F5N3O3. The van der Waals surface area contributed by atoms with Crippen LogP contribution in [0.1, 0.15) is 26.3 Å². The molecule has 0 unspecified atom stereocenters. The summed E-state index contributed by atoms with van der Waals surface area (Å²) in [5.74, 6) is -7.49. The van der Waals surface area contributed by atoms with Crippen molar-refractivity contribution < 1.29 is 31.5 Å². The number of aromatic nitrogens is 1. The predicted octanol–water partition coefficient (Wildman–Crippen LogP) is 1.96. The Morgan fingerprint density at radius 1 is 0.962 bits per heavy atom. The Kier molecular flexibility index (Phi) is 3.64. The maximum absolute atomic E-state index is 13.5. The lowest BCUT2D eigenvalue weighted by molar-refractivity contribution is -0.289. The zero-order valence-electron chi connectivity index (χ0n) is 12.5. The van der Waals surface area contributed by atoms with Crippen LogP contribution in [0.3, 0.4) is 0 Å². The second-order valence-corrected chi connectivity index (χ2v) is 5.40. The number of halogens is 5. The number of imide groups is 1. The Labute approximate surface area is 141 Å². The largest absolute Gasteiger partial charge is 0.458 e. The lowest BCUT2D eigenvalue weighted by Gasteiger charge is -2.21. The summed E-state index contributed by atoms with van der Waals surface area (Å²) < 4.78 is 65.3. The third-order valence-corrected chi connectivity index (χ3v) is 3.78. The van der Waals surface area contributed by atoms with Crippen molar-refractivity contribution in [3.63, 3.8) is 0 Å². The number of anilines is 1. The van der Waals surface area contributed by atoms with Gasteiger partial charge in [0.2, 0.25) is 0 Å². The van der Waals surface area contributed by atoms with Gasteiger partial charge in [-0.1, -0.05) is 12.1 Å². The highest BCUT2D eigenvalue weighted by Gasteiger charge is 2.58. The summed E-state index contributed by atoms with van der Waals surface area (Å²) >= 11 is 0. The van der Waals surface area contributed by atoms with Gasteiger partial charge in [-0.05, 0) is 12.1 Å². The Balaban J connectivity index is 2.23. The summed E-state index contributed by atoms with van der Waals surface area (Å²) in [5, 5.41) is 1.91. The van der Waals surface area contributed by atoms with E-state index in [2.05, 4.69) is 0 Å². The fraction of sp³-hybridized carbons (Fsp3) is 0.133. The minimum absolute atomic E-state index is 0.300. The molecule has 3 N–H and O–H groups in total. The average molecular weight is 373 g/mol. The van der Waals surface area contributed by atoms with E-state index in [1.165, 1.54) is 0 Å². The number of rotatable bonds is 2. The van der Waals surface area contributed by atoms with Gasteiger partial charge in [0.15, 0.2) is 0 Å². The highest BCUT2D eigenvalue weighted by Crippen LogP contribution is 2.44. The van der Waals surface area contributed by atoms with Gasteiger partial charge < -0.3 is 5.73 Å². The smallest absolute Gasteiger partial charge is 0.384 e. The van der Waals surface area contributed by atoms with Crippen LogP contribution in [0.15, 0.2) is 35.1 Å².